The van der Waals surface area contributed by atoms with Crippen LogP contribution in [0.5, 0.6) is 0 Å². The molecule has 0 saturated carbocycles. The van der Waals surface area contributed by atoms with Crippen molar-refractivity contribution in [1.82, 2.24) is 19.9 Å². The fourth-order valence-electron chi connectivity index (χ4n) is 2.10. The molecule has 1 unspecified atom stereocenters. The van der Waals surface area contributed by atoms with Gasteiger partial charge in [0, 0.05) is 30.8 Å². The zero-order valence-corrected chi connectivity index (χ0v) is 11.9. The van der Waals surface area contributed by atoms with Crippen LogP contribution in [0, 0.1) is 6.92 Å². The molecule has 20 heavy (non-hydrogen) atoms. The molecule has 0 aliphatic carbocycles. The summed E-state index contributed by atoms with van der Waals surface area (Å²) in [6.45, 7) is 4.43. The molecule has 0 spiro atoms. The number of hydrogen-bond acceptors (Lipinski definition) is 3. The van der Waals surface area contributed by atoms with Crippen LogP contribution < -0.4 is 5.32 Å². The van der Waals surface area contributed by atoms with Crippen molar-refractivity contribution in [2.45, 2.75) is 32.7 Å². The highest BCUT2D eigenvalue weighted by Gasteiger charge is 2.15. The van der Waals surface area contributed by atoms with Crippen LogP contribution in [-0.4, -0.2) is 27.0 Å². The van der Waals surface area contributed by atoms with E-state index in [-0.39, 0.29) is 11.9 Å². The van der Waals surface area contributed by atoms with E-state index in [1.54, 1.807) is 12.4 Å². The third-order valence-corrected chi connectivity index (χ3v) is 3.29. The highest BCUT2D eigenvalue weighted by atomic mass is 16.2. The number of pyridine rings is 1. The molecule has 0 aromatic carbocycles. The molecule has 0 saturated heterocycles. The Hall–Kier alpha value is -2.17. The van der Waals surface area contributed by atoms with E-state index in [9.17, 15) is 4.79 Å². The van der Waals surface area contributed by atoms with Crippen LogP contribution in [0.4, 0.5) is 0 Å². The summed E-state index contributed by atoms with van der Waals surface area (Å²) >= 11 is 0. The van der Waals surface area contributed by atoms with E-state index in [0.717, 1.165) is 24.4 Å². The SMILES string of the molecule is Cc1nccn1C(C)C(=O)NCCCc1ccccn1. The van der Waals surface area contributed by atoms with Gasteiger partial charge in [-0.25, -0.2) is 4.98 Å². The lowest BCUT2D eigenvalue weighted by molar-refractivity contribution is -0.123. The van der Waals surface area contributed by atoms with E-state index in [2.05, 4.69) is 15.3 Å². The summed E-state index contributed by atoms with van der Waals surface area (Å²) in [6.07, 6.45) is 7.09. The van der Waals surface area contributed by atoms with Crippen LogP contribution in [-0.2, 0) is 11.2 Å². The van der Waals surface area contributed by atoms with Gasteiger partial charge in [0.15, 0.2) is 0 Å². The number of carbonyl (C=O) groups is 1. The maximum Gasteiger partial charge on any atom is 0.242 e. The lowest BCUT2D eigenvalue weighted by atomic mass is 10.2. The van der Waals surface area contributed by atoms with Gasteiger partial charge in [0.1, 0.15) is 11.9 Å². The van der Waals surface area contributed by atoms with Crippen LogP contribution in [0.2, 0.25) is 0 Å². The summed E-state index contributed by atoms with van der Waals surface area (Å²) in [5, 5.41) is 2.95. The van der Waals surface area contributed by atoms with Crippen molar-refractivity contribution in [3.63, 3.8) is 0 Å². The highest BCUT2D eigenvalue weighted by Crippen LogP contribution is 2.08. The monoisotopic (exact) mass is 272 g/mol. The number of carbonyl (C=O) groups excluding carboxylic acids is 1. The van der Waals surface area contributed by atoms with Crippen LogP contribution in [0.1, 0.15) is 30.9 Å². The average molecular weight is 272 g/mol. The van der Waals surface area contributed by atoms with E-state index in [1.807, 2.05) is 42.8 Å². The largest absolute Gasteiger partial charge is 0.354 e. The Bertz CT molecular complexity index is 550. The predicted molar refractivity (Wildman–Crippen MR) is 77.2 cm³/mol. The molecule has 0 bridgehead atoms. The second kappa shape index (κ2) is 6.84. The maximum atomic E-state index is 12.0. The van der Waals surface area contributed by atoms with Gasteiger partial charge in [-0.1, -0.05) is 6.07 Å². The Morgan fingerprint density at radius 2 is 2.20 bits per heavy atom. The first-order valence-electron chi connectivity index (χ1n) is 6.85. The molecule has 0 aliphatic rings. The fourth-order valence-corrected chi connectivity index (χ4v) is 2.10. The number of aromatic nitrogens is 3. The molecule has 5 heteroatoms. The number of aryl methyl sites for hydroxylation is 2. The van der Waals surface area contributed by atoms with E-state index >= 15 is 0 Å². The van der Waals surface area contributed by atoms with Crippen molar-refractivity contribution in [3.05, 3.63) is 48.3 Å². The average Bonchev–Trinajstić information content (AvgIpc) is 2.90. The molecule has 0 aliphatic heterocycles. The van der Waals surface area contributed by atoms with Gasteiger partial charge in [-0.15, -0.1) is 0 Å². The van der Waals surface area contributed by atoms with Gasteiger partial charge in [-0.05, 0) is 38.8 Å². The van der Waals surface area contributed by atoms with Gasteiger partial charge in [-0.2, -0.15) is 0 Å². The minimum absolute atomic E-state index is 0.0205. The zero-order chi connectivity index (χ0) is 14.4. The molecular formula is C15H20N4O. The fraction of sp³-hybridized carbons (Fsp3) is 0.400. The van der Waals surface area contributed by atoms with E-state index in [4.69, 9.17) is 0 Å². The first kappa shape index (κ1) is 14.2. The van der Waals surface area contributed by atoms with Crippen LogP contribution in [0.25, 0.3) is 0 Å². The molecule has 5 nitrogen and oxygen atoms in total. The number of nitrogens with zero attached hydrogens (tertiary/aromatic N) is 3. The van der Waals surface area contributed by atoms with Crippen LogP contribution >= 0.6 is 0 Å². The summed E-state index contributed by atoms with van der Waals surface area (Å²) < 4.78 is 1.87. The van der Waals surface area contributed by atoms with E-state index < -0.39 is 0 Å². The first-order valence-corrected chi connectivity index (χ1v) is 6.85. The van der Waals surface area contributed by atoms with Crippen molar-refractivity contribution in [3.8, 4) is 0 Å². The number of nitrogens with one attached hydrogen (secondary N) is 1. The summed E-state index contributed by atoms with van der Waals surface area (Å²) in [5.41, 5.74) is 1.06. The second-order valence-corrected chi connectivity index (χ2v) is 4.77. The van der Waals surface area contributed by atoms with Crippen molar-refractivity contribution in [2.24, 2.45) is 0 Å². The standard InChI is InChI=1S/C15H20N4O/c1-12(19-11-10-16-13(19)2)15(20)18-9-5-7-14-6-3-4-8-17-14/h3-4,6,8,10-12H,5,7,9H2,1-2H3,(H,18,20). The van der Waals surface area contributed by atoms with Crippen molar-refractivity contribution >= 4 is 5.91 Å². The molecule has 1 amide bonds. The van der Waals surface area contributed by atoms with E-state index in [1.165, 1.54) is 0 Å². The lowest BCUT2D eigenvalue weighted by Crippen LogP contribution is -2.32. The van der Waals surface area contributed by atoms with Gasteiger partial charge in [0.25, 0.3) is 0 Å². The number of rotatable bonds is 6. The Kier molecular flexibility index (Phi) is 4.87. The van der Waals surface area contributed by atoms with Gasteiger partial charge in [0.2, 0.25) is 5.91 Å². The third kappa shape index (κ3) is 3.66. The van der Waals surface area contributed by atoms with Gasteiger partial charge in [-0.3, -0.25) is 9.78 Å². The normalized spacial score (nSPS) is 12.1. The van der Waals surface area contributed by atoms with E-state index in [0.29, 0.717) is 6.54 Å². The van der Waals surface area contributed by atoms with Crippen LogP contribution in [0.3, 0.4) is 0 Å². The highest BCUT2D eigenvalue weighted by molar-refractivity contribution is 5.79. The van der Waals surface area contributed by atoms with Crippen LogP contribution in [0.15, 0.2) is 36.8 Å². The van der Waals surface area contributed by atoms with Crippen molar-refractivity contribution in [1.29, 1.82) is 0 Å². The molecule has 2 aromatic heterocycles. The molecule has 106 valence electrons. The maximum absolute atomic E-state index is 12.0. The molecule has 2 heterocycles. The quantitative estimate of drug-likeness (QED) is 0.817. The summed E-state index contributed by atoms with van der Waals surface area (Å²) in [5.74, 6) is 0.869. The molecule has 1 atom stereocenters. The number of hydrogen-bond donors (Lipinski definition) is 1. The van der Waals surface area contributed by atoms with Gasteiger partial charge < -0.3 is 9.88 Å². The van der Waals surface area contributed by atoms with Crippen molar-refractivity contribution < 1.29 is 4.79 Å². The Morgan fingerprint density at radius 3 is 2.85 bits per heavy atom. The smallest absolute Gasteiger partial charge is 0.242 e. The van der Waals surface area contributed by atoms with Gasteiger partial charge >= 0.3 is 0 Å². The molecule has 2 aromatic rings. The third-order valence-electron chi connectivity index (χ3n) is 3.29. The minimum Gasteiger partial charge on any atom is -0.354 e. The van der Waals surface area contributed by atoms with Crippen molar-refractivity contribution in [2.75, 3.05) is 6.54 Å². The second-order valence-electron chi connectivity index (χ2n) is 4.77. The predicted octanol–water partition coefficient (Wildman–Crippen LogP) is 1.90. The lowest BCUT2D eigenvalue weighted by Gasteiger charge is -2.14. The molecular weight excluding hydrogens is 252 g/mol. The number of amides is 1. The Balaban J connectivity index is 1.74. The molecule has 0 radical (unpaired) electrons. The molecule has 0 fully saturated rings. The topological polar surface area (TPSA) is 59.8 Å². The number of imidazole rings is 1. The summed E-state index contributed by atoms with van der Waals surface area (Å²) in [7, 11) is 0. The minimum atomic E-state index is -0.229. The Labute approximate surface area is 119 Å². The first-order chi connectivity index (χ1) is 9.68. The van der Waals surface area contributed by atoms with Gasteiger partial charge in [0.05, 0.1) is 0 Å². The molecule has 2 rings (SSSR count). The molecule has 1 N–H and O–H groups in total. The summed E-state index contributed by atoms with van der Waals surface area (Å²) in [6, 6.07) is 5.65. The Morgan fingerprint density at radius 1 is 1.35 bits per heavy atom. The summed E-state index contributed by atoms with van der Waals surface area (Å²) in [4.78, 5) is 20.4. The zero-order valence-electron chi connectivity index (χ0n) is 11.9.